The molecule has 3 aromatic rings. The number of hydrogen-bond acceptors (Lipinski definition) is 6. The summed E-state index contributed by atoms with van der Waals surface area (Å²) in [4.78, 5) is 8.97. The first-order valence-corrected chi connectivity index (χ1v) is 10.9. The average Bonchev–Trinajstić information content (AvgIpc) is 3.21. The Labute approximate surface area is 191 Å². The van der Waals surface area contributed by atoms with Gasteiger partial charge < -0.3 is 20.5 Å². The second-order valence-corrected chi connectivity index (χ2v) is 8.63. The van der Waals surface area contributed by atoms with Gasteiger partial charge in [0.25, 0.3) is 0 Å². The van der Waals surface area contributed by atoms with E-state index in [4.69, 9.17) is 15.2 Å². The summed E-state index contributed by atoms with van der Waals surface area (Å²) in [6.45, 7) is 4.69. The zero-order chi connectivity index (χ0) is 23.0. The van der Waals surface area contributed by atoms with Crippen molar-refractivity contribution in [1.29, 1.82) is 0 Å². The molecule has 1 unspecified atom stereocenters. The van der Waals surface area contributed by atoms with E-state index in [1.54, 1.807) is 13.8 Å². The number of nitrogens with zero attached hydrogens (tertiary/aromatic N) is 2. The molecule has 0 spiro atoms. The number of anilines is 2. The van der Waals surface area contributed by atoms with Crippen molar-refractivity contribution in [2.24, 2.45) is 0 Å². The molecule has 0 bridgehead atoms. The molecule has 2 atom stereocenters. The van der Waals surface area contributed by atoms with Gasteiger partial charge in [-0.25, -0.2) is 9.97 Å². The average molecular weight is 511 g/mol. The van der Waals surface area contributed by atoms with Crippen LogP contribution >= 0.6 is 15.9 Å². The molecule has 0 saturated carbocycles. The Morgan fingerprint density at radius 3 is 2.69 bits per heavy atom. The highest BCUT2D eigenvalue weighted by Crippen LogP contribution is 2.36. The van der Waals surface area contributed by atoms with Crippen molar-refractivity contribution in [3.63, 3.8) is 0 Å². The molecule has 3 N–H and O–H groups in total. The monoisotopic (exact) mass is 510 g/mol. The predicted octanol–water partition coefficient (Wildman–Crippen LogP) is 5.64. The fraction of sp³-hybridized carbons (Fsp3) is 0.364. The highest BCUT2D eigenvalue weighted by molar-refractivity contribution is 9.10. The van der Waals surface area contributed by atoms with Crippen molar-refractivity contribution >= 4 is 38.3 Å². The van der Waals surface area contributed by atoms with Gasteiger partial charge in [-0.15, -0.1) is 0 Å². The molecule has 10 heteroatoms. The third-order valence-electron chi connectivity index (χ3n) is 5.20. The number of benzene rings is 2. The topological polar surface area (TPSA) is 82.3 Å². The standard InChI is InChI=1S/C22H22BrF3N4O2/c1-11(13-5-14(22(24,25)26)7-15(27)6-13)28-21-17-8-20(32-16-3-4-31-10-16)18(23)9-19(17)29-12(2)30-21/h5-9,11,16H,3-4,10,27H2,1-2H3,(H,28,29,30)/t11?,16-/m0/s1. The van der Waals surface area contributed by atoms with Gasteiger partial charge in [0, 0.05) is 17.5 Å². The van der Waals surface area contributed by atoms with E-state index >= 15 is 0 Å². The van der Waals surface area contributed by atoms with Crippen LogP contribution in [0.15, 0.2) is 34.8 Å². The van der Waals surface area contributed by atoms with Crippen LogP contribution in [0.5, 0.6) is 5.75 Å². The molecule has 0 radical (unpaired) electrons. The van der Waals surface area contributed by atoms with Crippen LogP contribution in [0, 0.1) is 6.92 Å². The van der Waals surface area contributed by atoms with Crippen molar-refractivity contribution in [3.05, 3.63) is 51.8 Å². The Kier molecular flexibility index (Phi) is 6.17. The largest absolute Gasteiger partial charge is 0.487 e. The summed E-state index contributed by atoms with van der Waals surface area (Å²) in [6, 6.07) is 6.71. The van der Waals surface area contributed by atoms with E-state index in [1.165, 1.54) is 6.07 Å². The summed E-state index contributed by atoms with van der Waals surface area (Å²) in [5.74, 6) is 1.65. The molecule has 1 aliphatic rings. The Hall–Kier alpha value is -2.59. The number of alkyl halides is 3. The Balaban J connectivity index is 1.69. The van der Waals surface area contributed by atoms with Gasteiger partial charge in [0.15, 0.2) is 0 Å². The van der Waals surface area contributed by atoms with E-state index in [2.05, 4.69) is 31.2 Å². The molecule has 4 rings (SSSR count). The Bertz CT molecular complexity index is 1150. The van der Waals surface area contributed by atoms with Crippen molar-refractivity contribution in [1.82, 2.24) is 9.97 Å². The second-order valence-electron chi connectivity index (χ2n) is 7.77. The van der Waals surface area contributed by atoms with Gasteiger partial charge in [0.05, 0.1) is 34.8 Å². The lowest BCUT2D eigenvalue weighted by molar-refractivity contribution is -0.137. The summed E-state index contributed by atoms with van der Waals surface area (Å²) in [5, 5.41) is 3.91. The number of halogens is 4. The van der Waals surface area contributed by atoms with E-state index in [0.717, 1.165) is 23.0 Å². The Morgan fingerprint density at radius 2 is 2.00 bits per heavy atom. The molecular formula is C22H22BrF3N4O2. The summed E-state index contributed by atoms with van der Waals surface area (Å²) in [5.41, 5.74) is 6.07. The molecule has 170 valence electrons. The van der Waals surface area contributed by atoms with E-state index in [1.807, 2.05) is 12.1 Å². The number of aromatic nitrogens is 2. The molecule has 32 heavy (non-hydrogen) atoms. The molecule has 2 aromatic carbocycles. The smallest absolute Gasteiger partial charge is 0.416 e. The van der Waals surface area contributed by atoms with Crippen LogP contribution in [0.4, 0.5) is 24.7 Å². The van der Waals surface area contributed by atoms with Gasteiger partial charge in [-0.2, -0.15) is 13.2 Å². The van der Waals surface area contributed by atoms with Crippen LogP contribution in [-0.4, -0.2) is 29.3 Å². The van der Waals surface area contributed by atoms with Gasteiger partial charge in [-0.1, -0.05) is 0 Å². The molecule has 1 aromatic heterocycles. The van der Waals surface area contributed by atoms with Crippen molar-refractivity contribution in [2.75, 3.05) is 24.3 Å². The zero-order valence-electron chi connectivity index (χ0n) is 17.5. The van der Waals surface area contributed by atoms with Crippen LogP contribution in [0.25, 0.3) is 10.9 Å². The third kappa shape index (κ3) is 4.91. The minimum absolute atomic E-state index is 0.0430. The van der Waals surface area contributed by atoms with Crippen LogP contribution in [0.3, 0.4) is 0 Å². The Morgan fingerprint density at radius 1 is 1.22 bits per heavy atom. The first-order chi connectivity index (χ1) is 15.1. The number of hydrogen-bond donors (Lipinski definition) is 2. The molecule has 1 aliphatic heterocycles. The maximum atomic E-state index is 13.2. The quantitative estimate of drug-likeness (QED) is 0.432. The van der Waals surface area contributed by atoms with Crippen LogP contribution < -0.4 is 15.8 Å². The first-order valence-electron chi connectivity index (χ1n) is 10.1. The predicted molar refractivity (Wildman–Crippen MR) is 120 cm³/mol. The van der Waals surface area contributed by atoms with Crippen LogP contribution in [0.1, 0.15) is 36.3 Å². The molecule has 6 nitrogen and oxygen atoms in total. The van der Waals surface area contributed by atoms with Crippen molar-refractivity contribution < 1.29 is 22.6 Å². The zero-order valence-corrected chi connectivity index (χ0v) is 19.0. The number of ether oxygens (including phenoxy) is 2. The van der Waals surface area contributed by atoms with Gasteiger partial charge in [0.1, 0.15) is 23.5 Å². The third-order valence-corrected chi connectivity index (χ3v) is 5.82. The van der Waals surface area contributed by atoms with Gasteiger partial charge >= 0.3 is 6.18 Å². The van der Waals surface area contributed by atoms with Gasteiger partial charge in [-0.05, 0) is 65.7 Å². The highest BCUT2D eigenvalue weighted by atomic mass is 79.9. The van der Waals surface area contributed by atoms with Crippen molar-refractivity contribution in [3.8, 4) is 5.75 Å². The fourth-order valence-electron chi connectivity index (χ4n) is 3.61. The molecule has 2 heterocycles. The summed E-state index contributed by atoms with van der Waals surface area (Å²) in [6.07, 6.45) is -3.73. The number of fused-ring (bicyclic) bond motifs is 1. The molecule has 0 amide bonds. The normalized spacial score (nSPS) is 17.5. The number of nitrogens with two attached hydrogens (primary N) is 1. The maximum Gasteiger partial charge on any atom is 0.416 e. The maximum absolute atomic E-state index is 13.2. The first kappa shape index (κ1) is 22.6. The lowest BCUT2D eigenvalue weighted by Crippen LogP contribution is -2.16. The van der Waals surface area contributed by atoms with Crippen molar-refractivity contribution in [2.45, 2.75) is 38.6 Å². The highest BCUT2D eigenvalue weighted by Gasteiger charge is 2.31. The number of rotatable bonds is 5. The van der Waals surface area contributed by atoms with Crippen LogP contribution in [-0.2, 0) is 10.9 Å². The number of nitrogen functional groups attached to an aromatic ring is 1. The fourth-order valence-corrected chi connectivity index (χ4v) is 4.04. The molecule has 0 aliphatic carbocycles. The van der Waals surface area contributed by atoms with Gasteiger partial charge in [-0.3, -0.25) is 0 Å². The number of aryl methyl sites for hydroxylation is 1. The van der Waals surface area contributed by atoms with E-state index in [-0.39, 0.29) is 11.8 Å². The minimum Gasteiger partial charge on any atom is -0.487 e. The van der Waals surface area contributed by atoms with Gasteiger partial charge in [0.2, 0.25) is 0 Å². The molecule has 1 fully saturated rings. The summed E-state index contributed by atoms with van der Waals surface area (Å²) < 4.78 is 51.9. The van der Waals surface area contributed by atoms with Crippen LogP contribution in [0.2, 0.25) is 0 Å². The molecule has 1 saturated heterocycles. The lowest BCUT2D eigenvalue weighted by atomic mass is 10.0. The summed E-state index contributed by atoms with van der Waals surface area (Å²) >= 11 is 3.53. The second kappa shape index (κ2) is 8.74. The lowest BCUT2D eigenvalue weighted by Gasteiger charge is -2.20. The minimum atomic E-state index is -4.48. The summed E-state index contributed by atoms with van der Waals surface area (Å²) in [7, 11) is 0. The van der Waals surface area contributed by atoms with E-state index in [0.29, 0.717) is 47.1 Å². The van der Waals surface area contributed by atoms with E-state index < -0.39 is 17.8 Å². The number of nitrogens with one attached hydrogen (secondary N) is 1. The van der Waals surface area contributed by atoms with E-state index in [9.17, 15) is 13.2 Å². The SMILES string of the molecule is Cc1nc(NC(C)c2cc(N)cc(C(F)(F)F)c2)c2cc(O[C@H]3CCOC3)c(Br)cc2n1. The molecular weight excluding hydrogens is 489 g/mol.